The van der Waals surface area contributed by atoms with Gasteiger partial charge in [0.25, 0.3) is 5.91 Å². The normalized spacial score (nSPS) is 21.8. The number of methoxy groups -OCH3 is 1. The quantitative estimate of drug-likeness (QED) is 0.230. The standard InChI is InChI=1S/C36H59N5O7S/c1-9-10-18-41-19-12-11-13-28(41)33(44)39-31(23(4)5)35(45)40(7)29(22(2)3)20-30(48-24(6)42)34-38-27(21-49-34)32(43)37-26-16-14-25(15-17-26)36(46)47-8/h21-23,25-26,28-31H,9-20H2,1-8H3,(H,37,43)(H,39,44)/t25-,26-,28-,29?,30?,31?/m1/s1. The number of unbranched alkanes of at least 4 members (excludes halogenated alkanes) is 1. The minimum Gasteiger partial charge on any atom is -0.469 e. The van der Waals surface area contributed by atoms with Crippen LogP contribution in [-0.4, -0.2) is 95.9 Å². The molecule has 1 saturated heterocycles. The second-order valence-electron chi connectivity index (χ2n) is 14.3. The van der Waals surface area contributed by atoms with Gasteiger partial charge in [0, 0.05) is 37.9 Å². The van der Waals surface area contributed by atoms with Gasteiger partial charge in [0.1, 0.15) is 16.7 Å². The SMILES string of the molecule is CCCCN1CCCC[C@@H]1C(=O)NC(C(=O)N(C)C(CC(OC(C)=O)c1nc(C(=O)N[C@H]2CC[C@H](C(=O)OC)CC2)cs1)C(C)C)C(C)C. The van der Waals surface area contributed by atoms with Crippen molar-refractivity contribution in [1.29, 1.82) is 0 Å². The van der Waals surface area contributed by atoms with Crippen molar-refractivity contribution in [2.45, 2.75) is 136 Å². The Bertz CT molecular complexity index is 1260. The molecule has 2 fully saturated rings. The maximum Gasteiger partial charge on any atom is 0.308 e. The molecule has 0 aromatic carbocycles. The van der Waals surface area contributed by atoms with Crippen molar-refractivity contribution in [2.75, 3.05) is 27.2 Å². The molecule has 1 aliphatic carbocycles. The van der Waals surface area contributed by atoms with Crippen LogP contribution in [-0.2, 0) is 28.7 Å². The van der Waals surface area contributed by atoms with Gasteiger partial charge in [-0.25, -0.2) is 4.98 Å². The zero-order valence-corrected chi connectivity index (χ0v) is 31.6. The van der Waals surface area contributed by atoms with Crippen LogP contribution < -0.4 is 10.6 Å². The van der Waals surface area contributed by atoms with Gasteiger partial charge in [0.05, 0.1) is 19.1 Å². The highest BCUT2D eigenvalue weighted by molar-refractivity contribution is 7.09. The molecule has 0 bridgehead atoms. The number of nitrogens with one attached hydrogen (secondary N) is 2. The van der Waals surface area contributed by atoms with Crippen molar-refractivity contribution < 1.29 is 33.4 Å². The number of carbonyl (C=O) groups is 5. The van der Waals surface area contributed by atoms with E-state index in [0.717, 1.165) is 45.2 Å². The average Bonchev–Trinajstić information content (AvgIpc) is 3.57. The van der Waals surface area contributed by atoms with Gasteiger partial charge >= 0.3 is 11.9 Å². The molecule has 1 aromatic heterocycles. The third-order valence-electron chi connectivity index (χ3n) is 9.95. The van der Waals surface area contributed by atoms with E-state index < -0.39 is 18.1 Å². The van der Waals surface area contributed by atoms with Crippen molar-refractivity contribution in [1.82, 2.24) is 25.4 Å². The van der Waals surface area contributed by atoms with Crippen LogP contribution in [0.4, 0.5) is 0 Å². The summed E-state index contributed by atoms with van der Waals surface area (Å²) in [5, 5.41) is 8.26. The van der Waals surface area contributed by atoms with Crippen LogP contribution in [0.25, 0.3) is 0 Å². The Hall–Kier alpha value is -3.06. The Labute approximate surface area is 296 Å². The minimum atomic E-state index is -0.774. The van der Waals surface area contributed by atoms with Gasteiger partial charge in [0.15, 0.2) is 6.10 Å². The van der Waals surface area contributed by atoms with Crippen LogP contribution in [0.1, 0.15) is 127 Å². The number of hydrogen-bond donors (Lipinski definition) is 2. The molecule has 2 heterocycles. The van der Waals surface area contributed by atoms with Gasteiger partial charge in [-0.3, -0.25) is 28.9 Å². The lowest BCUT2D eigenvalue weighted by atomic mass is 9.86. The van der Waals surface area contributed by atoms with E-state index in [0.29, 0.717) is 30.7 Å². The molecule has 1 aromatic rings. The fourth-order valence-electron chi connectivity index (χ4n) is 7.00. The summed E-state index contributed by atoms with van der Waals surface area (Å²) in [4.78, 5) is 73.5. The maximum absolute atomic E-state index is 14.1. The lowest BCUT2D eigenvalue weighted by Gasteiger charge is -2.38. The molecule has 0 radical (unpaired) electrons. The van der Waals surface area contributed by atoms with Crippen molar-refractivity contribution >= 4 is 41.0 Å². The topological polar surface area (TPSA) is 147 Å². The zero-order chi connectivity index (χ0) is 36.2. The summed E-state index contributed by atoms with van der Waals surface area (Å²) >= 11 is 1.24. The third kappa shape index (κ3) is 11.5. The molecule has 3 unspecified atom stereocenters. The summed E-state index contributed by atoms with van der Waals surface area (Å²) < 4.78 is 10.6. The van der Waals surface area contributed by atoms with Crippen LogP contribution in [0.3, 0.4) is 0 Å². The summed E-state index contributed by atoms with van der Waals surface area (Å²) in [6.45, 7) is 13.1. The Kier molecular flexibility index (Phi) is 16.0. The summed E-state index contributed by atoms with van der Waals surface area (Å²) in [5.74, 6) is -1.60. The van der Waals surface area contributed by atoms with Crippen molar-refractivity contribution in [2.24, 2.45) is 17.8 Å². The van der Waals surface area contributed by atoms with Crippen molar-refractivity contribution in [3.8, 4) is 0 Å². The smallest absolute Gasteiger partial charge is 0.308 e. The summed E-state index contributed by atoms with van der Waals surface area (Å²) in [7, 11) is 3.13. The fourth-order valence-corrected chi connectivity index (χ4v) is 7.84. The summed E-state index contributed by atoms with van der Waals surface area (Å²) in [6.07, 6.45) is 7.09. The second-order valence-corrected chi connectivity index (χ2v) is 15.2. The van der Waals surface area contributed by atoms with Gasteiger partial charge in [-0.15, -0.1) is 11.3 Å². The molecule has 49 heavy (non-hydrogen) atoms. The monoisotopic (exact) mass is 705 g/mol. The number of hydrogen-bond acceptors (Lipinski definition) is 10. The van der Waals surface area contributed by atoms with E-state index in [1.54, 1.807) is 17.3 Å². The van der Waals surface area contributed by atoms with Gasteiger partial charge < -0.3 is 25.0 Å². The number of carbonyl (C=O) groups excluding carboxylic acids is 5. The fraction of sp³-hybridized carbons (Fsp3) is 0.778. The molecule has 12 nitrogen and oxygen atoms in total. The van der Waals surface area contributed by atoms with Crippen molar-refractivity contribution in [3.63, 3.8) is 0 Å². The van der Waals surface area contributed by atoms with Crippen LogP contribution in [0, 0.1) is 17.8 Å². The minimum absolute atomic E-state index is 0.0127. The first-order valence-corrected chi connectivity index (χ1v) is 19.0. The predicted molar refractivity (Wildman–Crippen MR) is 189 cm³/mol. The molecule has 1 aliphatic heterocycles. The maximum atomic E-state index is 14.1. The lowest BCUT2D eigenvalue weighted by molar-refractivity contribution is -0.149. The first-order valence-electron chi connectivity index (χ1n) is 18.1. The number of nitrogens with zero attached hydrogens (tertiary/aromatic N) is 3. The van der Waals surface area contributed by atoms with E-state index in [1.807, 2.05) is 27.7 Å². The second kappa shape index (κ2) is 19.4. The number of amides is 3. The van der Waals surface area contributed by atoms with E-state index in [1.165, 1.54) is 25.4 Å². The number of aromatic nitrogens is 1. The Balaban J connectivity index is 1.71. The van der Waals surface area contributed by atoms with Gasteiger partial charge in [-0.2, -0.15) is 0 Å². The Morgan fingerprint density at radius 2 is 1.73 bits per heavy atom. The van der Waals surface area contributed by atoms with Crippen molar-refractivity contribution in [3.05, 3.63) is 16.1 Å². The van der Waals surface area contributed by atoms with Gasteiger partial charge in [0.2, 0.25) is 11.8 Å². The molecular weight excluding hydrogens is 646 g/mol. The van der Waals surface area contributed by atoms with Crippen LogP contribution in [0.5, 0.6) is 0 Å². The number of likely N-dealkylation sites (tertiary alicyclic amines) is 1. The molecule has 13 heteroatoms. The number of likely N-dealkylation sites (N-methyl/N-ethyl adjacent to an activating group) is 1. The van der Waals surface area contributed by atoms with E-state index >= 15 is 0 Å². The first kappa shape index (κ1) is 40.4. The molecule has 3 rings (SSSR count). The Morgan fingerprint density at radius 3 is 2.33 bits per heavy atom. The van der Waals surface area contributed by atoms with E-state index in [-0.39, 0.29) is 71.7 Å². The number of thiazole rings is 1. The number of rotatable bonds is 16. The van der Waals surface area contributed by atoms with Gasteiger partial charge in [-0.1, -0.05) is 47.5 Å². The molecule has 3 amide bonds. The zero-order valence-electron chi connectivity index (χ0n) is 30.8. The molecule has 2 aliphatic rings. The molecule has 1 saturated carbocycles. The summed E-state index contributed by atoms with van der Waals surface area (Å²) in [5.41, 5.74) is 0.232. The highest BCUT2D eigenvalue weighted by atomic mass is 32.1. The molecule has 276 valence electrons. The van der Waals surface area contributed by atoms with E-state index in [4.69, 9.17) is 9.47 Å². The molecular formula is C36H59N5O7S. The lowest BCUT2D eigenvalue weighted by Crippen LogP contribution is -2.58. The first-order chi connectivity index (χ1) is 23.3. The third-order valence-corrected chi connectivity index (χ3v) is 10.9. The van der Waals surface area contributed by atoms with E-state index in [2.05, 4.69) is 27.4 Å². The molecule has 2 N–H and O–H groups in total. The highest BCUT2D eigenvalue weighted by Gasteiger charge is 2.37. The summed E-state index contributed by atoms with van der Waals surface area (Å²) in [6, 6.07) is -1.37. The largest absolute Gasteiger partial charge is 0.469 e. The number of piperidine rings is 1. The number of esters is 2. The highest BCUT2D eigenvalue weighted by Crippen LogP contribution is 2.31. The Morgan fingerprint density at radius 1 is 1.04 bits per heavy atom. The van der Waals surface area contributed by atoms with E-state index in [9.17, 15) is 24.0 Å². The molecule has 0 spiro atoms. The van der Waals surface area contributed by atoms with Crippen LogP contribution in [0.15, 0.2) is 5.38 Å². The van der Waals surface area contributed by atoms with Crippen LogP contribution >= 0.6 is 11.3 Å². The predicted octanol–water partition coefficient (Wildman–Crippen LogP) is 4.88. The molecule has 4 atom stereocenters. The van der Waals surface area contributed by atoms with Gasteiger partial charge in [-0.05, 0) is 69.9 Å². The average molecular weight is 706 g/mol. The van der Waals surface area contributed by atoms with Crippen LogP contribution in [0.2, 0.25) is 0 Å². The number of ether oxygens (including phenoxy) is 2.